The van der Waals surface area contributed by atoms with Gasteiger partial charge in [0.1, 0.15) is 6.04 Å². The molecular weight excluding hydrogens is 256 g/mol. The van der Waals surface area contributed by atoms with Crippen LogP contribution >= 0.6 is 0 Å². The summed E-state index contributed by atoms with van der Waals surface area (Å²) in [6.45, 7) is 4.04. The number of ether oxygens (including phenoxy) is 1. The van der Waals surface area contributed by atoms with Gasteiger partial charge in [-0.25, -0.2) is 0 Å². The summed E-state index contributed by atoms with van der Waals surface area (Å²) in [5.41, 5.74) is 7.18. The molecule has 0 saturated carbocycles. The number of carbonyl (C=O) groups excluding carboxylic acids is 2. The van der Waals surface area contributed by atoms with E-state index < -0.39 is 11.9 Å². The van der Waals surface area contributed by atoms with E-state index in [-0.39, 0.29) is 5.78 Å². The molecule has 0 spiro atoms. The van der Waals surface area contributed by atoms with E-state index in [0.29, 0.717) is 38.3 Å². The van der Waals surface area contributed by atoms with Crippen LogP contribution in [0.25, 0.3) is 0 Å². The van der Waals surface area contributed by atoms with Crippen LogP contribution in [0, 0.1) is 6.92 Å². The van der Waals surface area contributed by atoms with E-state index in [4.69, 9.17) is 10.5 Å². The normalized spacial score (nSPS) is 19.8. The van der Waals surface area contributed by atoms with Crippen molar-refractivity contribution in [1.82, 2.24) is 4.90 Å². The topological polar surface area (TPSA) is 72.6 Å². The van der Waals surface area contributed by atoms with Gasteiger partial charge in [-0.1, -0.05) is 29.8 Å². The third kappa shape index (κ3) is 3.65. The molecular formula is C15H20N2O3. The van der Waals surface area contributed by atoms with Gasteiger partial charge >= 0.3 is 0 Å². The van der Waals surface area contributed by atoms with E-state index >= 15 is 0 Å². The van der Waals surface area contributed by atoms with E-state index in [9.17, 15) is 9.59 Å². The van der Waals surface area contributed by atoms with Crippen molar-refractivity contribution in [3.05, 3.63) is 35.4 Å². The Morgan fingerprint density at radius 3 is 2.70 bits per heavy atom. The molecule has 108 valence electrons. The van der Waals surface area contributed by atoms with Crippen molar-refractivity contribution in [2.45, 2.75) is 19.4 Å². The zero-order chi connectivity index (χ0) is 14.5. The first-order valence-electron chi connectivity index (χ1n) is 6.79. The number of nitrogens with zero attached hydrogens (tertiary/aromatic N) is 1. The summed E-state index contributed by atoms with van der Waals surface area (Å²) in [5, 5.41) is 0. The van der Waals surface area contributed by atoms with E-state index in [1.165, 1.54) is 0 Å². The van der Waals surface area contributed by atoms with E-state index in [1.54, 1.807) is 0 Å². The van der Waals surface area contributed by atoms with Crippen molar-refractivity contribution in [3.8, 4) is 0 Å². The van der Waals surface area contributed by atoms with Crippen molar-refractivity contribution in [3.63, 3.8) is 0 Å². The standard InChI is InChI=1S/C15H20N2O3/c1-11-2-4-12(5-3-11)14(18)6-7-17-8-9-20-10-13(17)15(16)19/h2-5,13H,6-10H2,1H3,(H2,16,19)/t13-/m0/s1. The predicted molar refractivity (Wildman–Crippen MR) is 75.5 cm³/mol. The van der Waals surface area contributed by atoms with Gasteiger partial charge in [0.2, 0.25) is 5.91 Å². The van der Waals surface area contributed by atoms with Gasteiger partial charge in [-0.2, -0.15) is 0 Å². The summed E-state index contributed by atoms with van der Waals surface area (Å²) >= 11 is 0. The third-order valence-corrected chi connectivity index (χ3v) is 3.57. The molecule has 0 unspecified atom stereocenters. The van der Waals surface area contributed by atoms with Crippen LogP contribution in [0.5, 0.6) is 0 Å². The third-order valence-electron chi connectivity index (χ3n) is 3.57. The maximum atomic E-state index is 12.1. The predicted octanol–water partition coefficient (Wildman–Crippen LogP) is 0.754. The number of hydrogen-bond donors (Lipinski definition) is 1. The molecule has 2 N–H and O–H groups in total. The van der Waals surface area contributed by atoms with Crippen LogP contribution in [0.1, 0.15) is 22.3 Å². The zero-order valence-corrected chi connectivity index (χ0v) is 11.7. The molecule has 0 aromatic heterocycles. The fourth-order valence-corrected chi connectivity index (χ4v) is 2.30. The van der Waals surface area contributed by atoms with Gasteiger partial charge in [0.05, 0.1) is 13.2 Å². The zero-order valence-electron chi connectivity index (χ0n) is 11.7. The van der Waals surface area contributed by atoms with Gasteiger partial charge in [0.25, 0.3) is 0 Å². The average Bonchev–Trinajstić information content (AvgIpc) is 2.45. The Bertz CT molecular complexity index is 484. The van der Waals surface area contributed by atoms with Gasteiger partial charge in [-0.3, -0.25) is 14.5 Å². The molecule has 0 bridgehead atoms. The molecule has 0 aliphatic carbocycles. The highest BCUT2D eigenvalue weighted by Gasteiger charge is 2.27. The first-order chi connectivity index (χ1) is 9.58. The minimum absolute atomic E-state index is 0.0831. The monoisotopic (exact) mass is 276 g/mol. The van der Waals surface area contributed by atoms with Crippen LogP contribution in [0.15, 0.2) is 24.3 Å². The molecule has 1 saturated heterocycles. The van der Waals surface area contributed by atoms with Crippen LogP contribution in [0.4, 0.5) is 0 Å². The summed E-state index contributed by atoms with van der Waals surface area (Å²) in [4.78, 5) is 25.4. The van der Waals surface area contributed by atoms with E-state index in [0.717, 1.165) is 5.56 Å². The number of benzene rings is 1. The average molecular weight is 276 g/mol. The van der Waals surface area contributed by atoms with E-state index in [2.05, 4.69) is 0 Å². The highest BCUT2D eigenvalue weighted by atomic mass is 16.5. The number of hydrogen-bond acceptors (Lipinski definition) is 4. The smallest absolute Gasteiger partial charge is 0.237 e. The molecule has 1 heterocycles. The molecule has 5 nitrogen and oxygen atoms in total. The first kappa shape index (κ1) is 14.7. The van der Waals surface area contributed by atoms with Gasteiger partial charge < -0.3 is 10.5 Å². The highest BCUT2D eigenvalue weighted by molar-refractivity contribution is 5.96. The van der Waals surface area contributed by atoms with Crippen molar-refractivity contribution >= 4 is 11.7 Å². The summed E-state index contributed by atoms with van der Waals surface area (Å²) in [6, 6.07) is 7.10. The number of Topliss-reactive ketones (excluding diaryl/α,β-unsaturated/α-hetero) is 1. The second-order valence-electron chi connectivity index (χ2n) is 5.07. The molecule has 1 aromatic carbocycles. The number of aryl methyl sites for hydroxylation is 1. The molecule has 1 amide bonds. The summed E-state index contributed by atoms with van der Waals surface area (Å²) in [6.07, 6.45) is 0.382. The van der Waals surface area contributed by atoms with Gasteiger partial charge in [-0.15, -0.1) is 0 Å². The molecule has 20 heavy (non-hydrogen) atoms. The number of rotatable bonds is 5. The lowest BCUT2D eigenvalue weighted by Crippen LogP contribution is -2.52. The Balaban J connectivity index is 1.91. The maximum Gasteiger partial charge on any atom is 0.237 e. The Kier molecular flexibility index (Phi) is 4.87. The lowest BCUT2D eigenvalue weighted by atomic mass is 10.1. The minimum atomic E-state index is -0.422. The molecule has 1 aliphatic heterocycles. The molecule has 1 fully saturated rings. The Morgan fingerprint density at radius 1 is 1.35 bits per heavy atom. The first-order valence-corrected chi connectivity index (χ1v) is 6.79. The quantitative estimate of drug-likeness (QED) is 0.806. The van der Waals surface area contributed by atoms with Crippen LogP contribution in [0.3, 0.4) is 0 Å². The van der Waals surface area contributed by atoms with Gasteiger partial charge in [0.15, 0.2) is 5.78 Å². The Labute approximate surface area is 118 Å². The van der Waals surface area contributed by atoms with Gasteiger partial charge in [0, 0.05) is 25.1 Å². The molecule has 0 radical (unpaired) electrons. The van der Waals surface area contributed by atoms with E-state index in [1.807, 2.05) is 36.1 Å². The maximum absolute atomic E-state index is 12.1. The molecule has 1 atom stereocenters. The summed E-state index contributed by atoms with van der Waals surface area (Å²) in [5.74, 6) is -0.313. The SMILES string of the molecule is Cc1ccc(C(=O)CCN2CCOC[C@H]2C(N)=O)cc1. The summed E-state index contributed by atoms with van der Waals surface area (Å²) < 4.78 is 5.25. The number of primary amides is 1. The summed E-state index contributed by atoms with van der Waals surface area (Å²) in [7, 11) is 0. The van der Waals surface area contributed by atoms with Crippen molar-refractivity contribution in [1.29, 1.82) is 0 Å². The molecule has 1 aromatic rings. The van der Waals surface area contributed by atoms with Crippen molar-refractivity contribution in [2.24, 2.45) is 5.73 Å². The lowest BCUT2D eigenvalue weighted by molar-refractivity contribution is -0.129. The fourth-order valence-electron chi connectivity index (χ4n) is 2.30. The van der Waals surface area contributed by atoms with Gasteiger partial charge in [-0.05, 0) is 6.92 Å². The molecule has 2 rings (SSSR count). The number of carbonyl (C=O) groups is 2. The van der Waals surface area contributed by atoms with Crippen LogP contribution in [-0.4, -0.2) is 48.9 Å². The highest BCUT2D eigenvalue weighted by Crippen LogP contribution is 2.10. The number of amides is 1. The largest absolute Gasteiger partial charge is 0.378 e. The lowest BCUT2D eigenvalue weighted by Gasteiger charge is -2.33. The number of nitrogens with two attached hydrogens (primary N) is 1. The Hall–Kier alpha value is -1.72. The minimum Gasteiger partial charge on any atom is -0.378 e. The second-order valence-corrected chi connectivity index (χ2v) is 5.07. The number of ketones is 1. The van der Waals surface area contributed by atoms with Crippen molar-refractivity contribution in [2.75, 3.05) is 26.3 Å². The van der Waals surface area contributed by atoms with Crippen LogP contribution < -0.4 is 5.73 Å². The molecule has 5 heteroatoms. The Morgan fingerprint density at radius 2 is 2.05 bits per heavy atom. The molecule has 1 aliphatic rings. The van der Waals surface area contributed by atoms with Crippen molar-refractivity contribution < 1.29 is 14.3 Å². The number of morpholine rings is 1. The fraction of sp³-hybridized carbons (Fsp3) is 0.467. The van der Waals surface area contributed by atoms with Crippen LogP contribution in [-0.2, 0) is 9.53 Å². The second kappa shape index (κ2) is 6.63. The van der Waals surface area contributed by atoms with Crippen LogP contribution in [0.2, 0.25) is 0 Å².